The second-order valence-corrected chi connectivity index (χ2v) is 7.66. The Bertz CT molecular complexity index is 1110. The van der Waals surface area contributed by atoms with Crippen molar-refractivity contribution >= 4 is 11.6 Å². The van der Waals surface area contributed by atoms with E-state index in [0.29, 0.717) is 24.7 Å². The highest BCUT2D eigenvalue weighted by molar-refractivity contribution is 6.09. The summed E-state index contributed by atoms with van der Waals surface area (Å²) >= 11 is 0. The SMILES string of the molecule is C=CCOc1ccc(C(=O)C2(O)C=CC(O)(C(=O)c3ccc(OCC=C)cc3)C(C)=C2)cc1. The van der Waals surface area contributed by atoms with Crippen molar-refractivity contribution in [2.24, 2.45) is 0 Å². The Morgan fingerprint density at radius 3 is 1.70 bits per heavy atom. The van der Waals surface area contributed by atoms with Crippen molar-refractivity contribution in [1.29, 1.82) is 0 Å². The first-order valence-corrected chi connectivity index (χ1v) is 10.4. The predicted octanol–water partition coefficient (Wildman–Crippen LogP) is 3.86. The molecule has 2 aromatic rings. The second kappa shape index (κ2) is 9.81. The average Bonchev–Trinajstić information content (AvgIpc) is 2.83. The van der Waals surface area contributed by atoms with Gasteiger partial charge in [0.1, 0.15) is 24.7 Å². The first-order valence-electron chi connectivity index (χ1n) is 10.4. The lowest BCUT2D eigenvalue weighted by Gasteiger charge is -2.32. The first-order chi connectivity index (χ1) is 15.7. The van der Waals surface area contributed by atoms with Gasteiger partial charge < -0.3 is 19.7 Å². The maximum atomic E-state index is 13.0. The minimum atomic E-state index is -2.00. The lowest BCUT2D eigenvalue weighted by molar-refractivity contribution is 0.0547. The van der Waals surface area contributed by atoms with Gasteiger partial charge in [0.15, 0.2) is 11.2 Å². The van der Waals surface area contributed by atoms with Gasteiger partial charge in [-0.1, -0.05) is 25.3 Å². The topological polar surface area (TPSA) is 93.1 Å². The maximum absolute atomic E-state index is 13.0. The van der Waals surface area contributed by atoms with Gasteiger partial charge in [-0.05, 0) is 79.3 Å². The molecule has 2 N–H and O–H groups in total. The van der Waals surface area contributed by atoms with Gasteiger partial charge in [-0.2, -0.15) is 0 Å². The number of Topliss-reactive ketones (excluding diaryl/α,β-unsaturated/α-hetero) is 2. The zero-order chi connectivity index (χ0) is 24.1. The van der Waals surface area contributed by atoms with E-state index in [-0.39, 0.29) is 16.7 Å². The summed E-state index contributed by atoms with van der Waals surface area (Å²) < 4.78 is 10.8. The number of aliphatic hydroxyl groups is 2. The van der Waals surface area contributed by atoms with Crippen molar-refractivity contribution in [2.75, 3.05) is 13.2 Å². The Morgan fingerprint density at radius 1 is 0.818 bits per heavy atom. The van der Waals surface area contributed by atoms with Gasteiger partial charge in [-0.15, -0.1) is 0 Å². The van der Waals surface area contributed by atoms with E-state index in [2.05, 4.69) is 13.2 Å². The molecule has 6 nitrogen and oxygen atoms in total. The number of ketones is 2. The largest absolute Gasteiger partial charge is 0.490 e. The molecule has 3 rings (SSSR count). The Morgan fingerprint density at radius 2 is 1.27 bits per heavy atom. The summed E-state index contributed by atoms with van der Waals surface area (Å²) in [7, 11) is 0. The van der Waals surface area contributed by atoms with Crippen LogP contribution < -0.4 is 9.47 Å². The zero-order valence-corrected chi connectivity index (χ0v) is 18.4. The van der Waals surface area contributed by atoms with Crippen LogP contribution in [0.4, 0.5) is 0 Å². The lowest BCUT2D eigenvalue weighted by Crippen LogP contribution is -2.45. The molecule has 0 saturated heterocycles. The molecular formula is C27H26O6. The van der Waals surface area contributed by atoms with Crippen molar-refractivity contribution in [2.45, 2.75) is 18.1 Å². The smallest absolute Gasteiger partial charge is 0.202 e. The van der Waals surface area contributed by atoms with Gasteiger partial charge >= 0.3 is 0 Å². The molecule has 0 spiro atoms. The summed E-state index contributed by atoms with van der Waals surface area (Å²) in [5, 5.41) is 22.1. The van der Waals surface area contributed by atoms with Crippen molar-refractivity contribution < 1.29 is 29.3 Å². The third-order valence-electron chi connectivity index (χ3n) is 5.29. The molecule has 0 amide bonds. The van der Waals surface area contributed by atoms with Crippen LogP contribution in [0.15, 0.2) is 97.6 Å². The van der Waals surface area contributed by atoms with Gasteiger partial charge in [-0.25, -0.2) is 0 Å². The van der Waals surface area contributed by atoms with Gasteiger partial charge in [0, 0.05) is 11.1 Å². The molecular weight excluding hydrogens is 420 g/mol. The molecule has 0 aliphatic heterocycles. The predicted molar refractivity (Wildman–Crippen MR) is 126 cm³/mol. The van der Waals surface area contributed by atoms with E-state index >= 15 is 0 Å². The van der Waals surface area contributed by atoms with Crippen LogP contribution in [-0.2, 0) is 0 Å². The molecule has 1 aliphatic rings. The summed E-state index contributed by atoms with van der Waals surface area (Å²) in [5.74, 6) is -0.0522. The summed E-state index contributed by atoms with van der Waals surface area (Å²) in [6.07, 6.45) is 6.72. The summed E-state index contributed by atoms with van der Waals surface area (Å²) in [4.78, 5) is 26.0. The number of carbonyl (C=O) groups excluding carboxylic acids is 2. The van der Waals surface area contributed by atoms with Crippen molar-refractivity contribution in [3.05, 3.63) is 109 Å². The fourth-order valence-corrected chi connectivity index (χ4v) is 3.43. The molecule has 33 heavy (non-hydrogen) atoms. The molecule has 0 heterocycles. The van der Waals surface area contributed by atoms with Crippen molar-refractivity contribution in [3.8, 4) is 11.5 Å². The van der Waals surface area contributed by atoms with Crippen LogP contribution in [0.3, 0.4) is 0 Å². The molecule has 2 atom stereocenters. The molecule has 0 aromatic heterocycles. The number of ether oxygens (including phenoxy) is 2. The quantitative estimate of drug-likeness (QED) is 0.425. The zero-order valence-electron chi connectivity index (χ0n) is 18.4. The standard InChI is InChI=1S/C27H26O6/c1-4-16-32-22-10-6-20(7-11-22)24(28)26(30)14-15-27(31,19(3)18-26)25(29)21-8-12-23(13-9-21)33-17-5-2/h4-15,18,30-31H,1-2,16-17H2,3H3. The van der Waals surface area contributed by atoms with E-state index < -0.39 is 22.8 Å². The van der Waals surface area contributed by atoms with E-state index in [1.165, 1.54) is 25.1 Å². The van der Waals surface area contributed by atoms with Gasteiger partial charge in [0.2, 0.25) is 11.6 Å². The normalized spacial score (nSPS) is 21.6. The van der Waals surface area contributed by atoms with Gasteiger partial charge in [-0.3, -0.25) is 9.59 Å². The fourth-order valence-electron chi connectivity index (χ4n) is 3.43. The monoisotopic (exact) mass is 446 g/mol. The van der Waals surface area contributed by atoms with Crippen LogP contribution >= 0.6 is 0 Å². The minimum Gasteiger partial charge on any atom is -0.490 e. The Hall–Kier alpha value is -3.74. The highest BCUT2D eigenvalue weighted by atomic mass is 16.5. The number of rotatable bonds is 10. The van der Waals surface area contributed by atoms with Crippen LogP contribution in [0.25, 0.3) is 0 Å². The fraction of sp³-hybridized carbons (Fsp3) is 0.185. The average molecular weight is 446 g/mol. The number of carbonyl (C=O) groups is 2. The van der Waals surface area contributed by atoms with E-state index in [0.717, 1.165) is 12.2 Å². The van der Waals surface area contributed by atoms with E-state index in [9.17, 15) is 19.8 Å². The Kier molecular flexibility index (Phi) is 7.11. The number of benzene rings is 2. The molecule has 2 aromatic carbocycles. The molecule has 0 saturated carbocycles. The first kappa shape index (κ1) is 23.9. The van der Waals surface area contributed by atoms with Crippen molar-refractivity contribution in [3.63, 3.8) is 0 Å². The lowest BCUT2D eigenvalue weighted by atomic mass is 9.77. The Labute approximate surface area is 192 Å². The van der Waals surface area contributed by atoms with Crippen LogP contribution in [0.5, 0.6) is 11.5 Å². The molecule has 2 unspecified atom stereocenters. The minimum absolute atomic E-state index is 0.142. The maximum Gasteiger partial charge on any atom is 0.202 e. The molecule has 0 fully saturated rings. The molecule has 1 aliphatic carbocycles. The van der Waals surface area contributed by atoms with Gasteiger partial charge in [0.25, 0.3) is 0 Å². The third kappa shape index (κ3) is 5.03. The summed E-state index contributed by atoms with van der Waals surface area (Å²) in [6.45, 7) is 9.31. The summed E-state index contributed by atoms with van der Waals surface area (Å²) in [5.41, 5.74) is -3.33. The van der Waals surface area contributed by atoms with Crippen LogP contribution in [0.1, 0.15) is 27.6 Å². The van der Waals surface area contributed by atoms with Crippen molar-refractivity contribution in [1.82, 2.24) is 0 Å². The highest BCUT2D eigenvalue weighted by Gasteiger charge is 2.44. The van der Waals surface area contributed by atoms with E-state index in [1.807, 2.05) is 0 Å². The summed E-state index contributed by atoms with van der Waals surface area (Å²) in [6, 6.07) is 12.6. The van der Waals surface area contributed by atoms with Crippen LogP contribution in [0, 0.1) is 0 Å². The Balaban J connectivity index is 1.80. The number of hydrogen-bond acceptors (Lipinski definition) is 6. The van der Waals surface area contributed by atoms with Gasteiger partial charge in [0.05, 0.1) is 0 Å². The molecule has 0 bridgehead atoms. The molecule has 170 valence electrons. The molecule has 0 radical (unpaired) electrons. The highest BCUT2D eigenvalue weighted by Crippen LogP contribution is 2.33. The third-order valence-corrected chi connectivity index (χ3v) is 5.29. The molecule has 6 heteroatoms. The second-order valence-electron chi connectivity index (χ2n) is 7.66. The van der Waals surface area contributed by atoms with E-state index in [1.54, 1.807) is 48.6 Å². The van der Waals surface area contributed by atoms with Crippen LogP contribution in [0.2, 0.25) is 0 Å². The van der Waals surface area contributed by atoms with E-state index in [4.69, 9.17) is 9.47 Å². The number of hydrogen-bond donors (Lipinski definition) is 2. The van der Waals surface area contributed by atoms with Crippen LogP contribution in [-0.4, -0.2) is 46.2 Å².